The van der Waals surface area contributed by atoms with Gasteiger partial charge in [0.2, 0.25) is 0 Å². The molecule has 1 aromatic rings. The van der Waals surface area contributed by atoms with Crippen molar-refractivity contribution >= 4 is 11.9 Å². The molecule has 2 rings (SSSR count). The number of carboxylic acids is 1. The largest absolute Gasteiger partial charge is 0.480 e. The van der Waals surface area contributed by atoms with Crippen molar-refractivity contribution in [2.24, 2.45) is 0 Å². The van der Waals surface area contributed by atoms with Crippen LogP contribution in [0.15, 0.2) is 12.3 Å². The molecule has 1 N–H and O–H groups in total. The molecule has 1 amide bonds. The summed E-state index contributed by atoms with van der Waals surface area (Å²) in [6.45, 7) is 3.54. The minimum Gasteiger partial charge on any atom is -0.480 e. The first-order chi connectivity index (χ1) is 10.0. The Morgan fingerprint density at radius 3 is 2.71 bits per heavy atom. The molecule has 21 heavy (non-hydrogen) atoms. The van der Waals surface area contributed by atoms with Crippen molar-refractivity contribution in [1.29, 1.82) is 0 Å². The van der Waals surface area contributed by atoms with Gasteiger partial charge in [0.05, 0.1) is 6.04 Å². The molecule has 1 aromatic heterocycles. The maximum absolute atomic E-state index is 12.7. The number of hydrogen-bond acceptors (Lipinski definition) is 3. The number of aliphatic carboxylic acids is 1. The van der Waals surface area contributed by atoms with Gasteiger partial charge in [0.1, 0.15) is 12.2 Å². The fourth-order valence-corrected chi connectivity index (χ4v) is 2.86. The second kappa shape index (κ2) is 6.74. The SMILES string of the molecule is CCC(C)N(CC(=O)O)C(=O)c1ccnn1C1CCCC1. The highest BCUT2D eigenvalue weighted by molar-refractivity contribution is 5.94. The molecule has 1 saturated carbocycles. The molecule has 1 heterocycles. The Balaban J connectivity index is 2.24. The number of hydrogen-bond donors (Lipinski definition) is 1. The van der Waals surface area contributed by atoms with Crippen LogP contribution in [0.3, 0.4) is 0 Å². The van der Waals surface area contributed by atoms with Crippen molar-refractivity contribution in [1.82, 2.24) is 14.7 Å². The lowest BCUT2D eigenvalue weighted by Gasteiger charge is -2.27. The highest BCUT2D eigenvalue weighted by Gasteiger charge is 2.28. The van der Waals surface area contributed by atoms with Gasteiger partial charge in [-0.2, -0.15) is 5.10 Å². The van der Waals surface area contributed by atoms with Gasteiger partial charge in [-0.3, -0.25) is 14.3 Å². The Morgan fingerprint density at radius 2 is 2.14 bits per heavy atom. The molecule has 0 spiro atoms. The van der Waals surface area contributed by atoms with Gasteiger partial charge < -0.3 is 10.0 Å². The average Bonchev–Trinajstić information content (AvgIpc) is 3.12. The molecule has 1 atom stereocenters. The summed E-state index contributed by atoms with van der Waals surface area (Å²) in [7, 11) is 0. The molecule has 0 saturated heterocycles. The Labute approximate surface area is 124 Å². The van der Waals surface area contributed by atoms with E-state index in [-0.39, 0.29) is 24.5 Å². The standard InChI is InChI=1S/C15H23N3O3/c1-3-11(2)17(10-14(19)20)15(21)13-8-9-16-18(13)12-6-4-5-7-12/h8-9,11-12H,3-7,10H2,1-2H3,(H,19,20). The van der Waals surface area contributed by atoms with Crippen molar-refractivity contribution in [3.8, 4) is 0 Å². The van der Waals surface area contributed by atoms with E-state index in [0.717, 1.165) is 32.1 Å². The summed E-state index contributed by atoms with van der Waals surface area (Å²) in [5, 5.41) is 13.3. The Morgan fingerprint density at radius 1 is 1.48 bits per heavy atom. The summed E-state index contributed by atoms with van der Waals surface area (Å²) in [5.41, 5.74) is 0.503. The van der Waals surface area contributed by atoms with E-state index in [2.05, 4.69) is 5.10 Å². The molecule has 116 valence electrons. The fraction of sp³-hybridized carbons (Fsp3) is 0.667. The Kier molecular flexibility index (Phi) is 4.98. The molecule has 6 heteroatoms. The summed E-state index contributed by atoms with van der Waals surface area (Å²) in [4.78, 5) is 25.2. The van der Waals surface area contributed by atoms with Gasteiger partial charge in [0.25, 0.3) is 5.91 Å². The molecule has 1 unspecified atom stereocenters. The number of carboxylic acid groups (broad SMARTS) is 1. The van der Waals surface area contributed by atoms with E-state index >= 15 is 0 Å². The summed E-state index contributed by atoms with van der Waals surface area (Å²) >= 11 is 0. The third kappa shape index (κ3) is 3.43. The first kappa shape index (κ1) is 15.5. The second-order valence-corrected chi connectivity index (χ2v) is 5.68. The van der Waals surface area contributed by atoms with Crippen molar-refractivity contribution in [3.63, 3.8) is 0 Å². The van der Waals surface area contributed by atoms with E-state index in [1.165, 1.54) is 4.90 Å². The van der Waals surface area contributed by atoms with Gasteiger partial charge >= 0.3 is 5.97 Å². The van der Waals surface area contributed by atoms with Crippen LogP contribution in [0.2, 0.25) is 0 Å². The number of carbonyl (C=O) groups is 2. The second-order valence-electron chi connectivity index (χ2n) is 5.68. The molecule has 6 nitrogen and oxygen atoms in total. The summed E-state index contributed by atoms with van der Waals surface area (Å²) in [6.07, 6.45) is 6.72. The van der Waals surface area contributed by atoms with E-state index in [1.807, 2.05) is 13.8 Å². The van der Waals surface area contributed by atoms with Gasteiger partial charge in [-0.1, -0.05) is 19.8 Å². The van der Waals surface area contributed by atoms with Crippen molar-refractivity contribution in [2.45, 2.75) is 58.0 Å². The minimum absolute atomic E-state index is 0.111. The van der Waals surface area contributed by atoms with E-state index in [4.69, 9.17) is 5.11 Å². The van der Waals surface area contributed by atoms with Crippen LogP contribution in [-0.4, -0.2) is 44.3 Å². The van der Waals surface area contributed by atoms with Gasteiger partial charge in [-0.05, 0) is 32.3 Å². The minimum atomic E-state index is -0.990. The zero-order valence-electron chi connectivity index (χ0n) is 12.7. The molecule has 1 fully saturated rings. The molecular weight excluding hydrogens is 270 g/mol. The van der Waals surface area contributed by atoms with E-state index in [9.17, 15) is 9.59 Å². The highest BCUT2D eigenvalue weighted by Crippen LogP contribution is 2.30. The van der Waals surface area contributed by atoms with Gasteiger partial charge in [0, 0.05) is 12.2 Å². The third-order valence-electron chi connectivity index (χ3n) is 4.25. The molecule has 0 aromatic carbocycles. The van der Waals surface area contributed by atoms with Crippen molar-refractivity contribution in [3.05, 3.63) is 18.0 Å². The monoisotopic (exact) mass is 293 g/mol. The third-order valence-corrected chi connectivity index (χ3v) is 4.25. The zero-order valence-corrected chi connectivity index (χ0v) is 12.7. The van der Waals surface area contributed by atoms with E-state index in [0.29, 0.717) is 5.69 Å². The lowest BCUT2D eigenvalue weighted by Crippen LogP contribution is -2.42. The maximum atomic E-state index is 12.7. The van der Waals surface area contributed by atoms with Gasteiger partial charge in [-0.25, -0.2) is 0 Å². The normalized spacial score (nSPS) is 16.9. The predicted octanol–water partition coefficient (Wildman–Crippen LogP) is 2.32. The van der Waals surface area contributed by atoms with Crippen molar-refractivity contribution < 1.29 is 14.7 Å². The Hall–Kier alpha value is -1.85. The molecule has 1 aliphatic carbocycles. The number of carbonyl (C=O) groups excluding carboxylic acids is 1. The lowest BCUT2D eigenvalue weighted by molar-refractivity contribution is -0.138. The Bertz CT molecular complexity index is 506. The zero-order chi connectivity index (χ0) is 15.4. The molecule has 0 aliphatic heterocycles. The molecule has 1 aliphatic rings. The van der Waals surface area contributed by atoms with Crippen LogP contribution in [0, 0.1) is 0 Å². The maximum Gasteiger partial charge on any atom is 0.323 e. The first-order valence-electron chi connectivity index (χ1n) is 7.60. The quantitative estimate of drug-likeness (QED) is 0.873. The van der Waals surface area contributed by atoms with Crippen LogP contribution in [-0.2, 0) is 4.79 Å². The average molecular weight is 293 g/mol. The molecule has 0 bridgehead atoms. The predicted molar refractivity (Wildman–Crippen MR) is 78.2 cm³/mol. The molecule has 0 radical (unpaired) electrons. The summed E-state index contributed by atoms with van der Waals surface area (Å²) in [6, 6.07) is 1.85. The number of nitrogens with zero attached hydrogens (tertiary/aromatic N) is 3. The van der Waals surface area contributed by atoms with Crippen LogP contribution in [0.25, 0.3) is 0 Å². The number of amides is 1. The number of aromatic nitrogens is 2. The number of rotatable bonds is 6. The van der Waals surface area contributed by atoms with Gasteiger partial charge in [-0.15, -0.1) is 0 Å². The van der Waals surface area contributed by atoms with Crippen LogP contribution < -0.4 is 0 Å². The lowest BCUT2D eigenvalue weighted by atomic mass is 10.2. The van der Waals surface area contributed by atoms with Gasteiger partial charge in [0.15, 0.2) is 0 Å². The highest BCUT2D eigenvalue weighted by atomic mass is 16.4. The van der Waals surface area contributed by atoms with Crippen LogP contribution in [0.5, 0.6) is 0 Å². The van der Waals surface area contributed by atoms with Crippen LogP contribution in [0.1, 0.15) is 62.5 Å². The van der Waals surface area contributed by atoms with Crippen LogP contribution in [0.4, 0.5) is 0 Å². The first-order valence-corrected chi connectivity index (χ1v) is 7.60. The van der Waals surface area contributed by atoms with Crippen molar-refractivity contribution in [2.75, 3.05) is 6.54 Å². The van der Waals surface area contributed by atoms with Crippen LogP contribution >= 0.6 is 0 Å². The van der Waals surface area contributed by atoms with E-state index < -0.39 is 5.97 Å². The molecular formula is C15H23N3O3. The van der Waals surface area contributed by atoms with E-state index in [1.54, 1.807) is 16.9 Å². The summed E-state index contributed by atoms with van der Waals surface area (Å²) in [5.74, 6) is -1.23. The topological polar surface area (TPSA) is 75.4 Å². The fourth-order valence-electron chi connectivity index (χ4n) is 2.86. The summed E-state index contributed by atoms with van der Waals surface area (Å²) < 4.78 is 1.78. The smallest absolute Gasteiger partial charge is 0.323 e.